The summed E-state index contributed by atoms with van der Waals surface area (Å²) in [7, 11) is 1.55. The van der Waals surface area contributed by atoms with Gasteiger partial charge in [0.1, 0.15) is 17.8 Å². The molecule has 2 aromatic heterocycles. The molecule has 0 fully saturated rings. The van der Waals surface area contributed by atoms with Gasteiger partial charge in [-0.25, -0.2) is 4.98 Å². The van der Waals surface area contributed by atoms with E-state index >= 15 is 0 Å². The molecule has 0 aliphatic heterocycles. The fraction of sp³-hybridized carbons (Fsp3) is 0.182. The molecule has 2 N–H and O–H groups in total. The highest BCUT2D eigenvalue weighted by molar-refractivity contribution is 5.89. The van der Waals surface area contributed by atoms with Crippen LogP contribution in [0.5, 0.6) is 5.75 Å². The van der Waals surface area contributed by atoms with E-state index in [4.69, 9.17) is 9.84 Å². The lowest BCUT2D eigenvalue weighted by Gasteiger charge is -2.07. The Bertz CT molecular complexity index is 557. The molecule has 6 nitrogen and oxygen atoms in total. The van der Waals surface area contributed by atoms with Gasteiger partial charge in [0.25, 0.3) is 0 Å². The van der Waals surface area contributed by atoms with Crippen molar-refractivity contribution in [3.05, 3.63) is 24.5 Å². The van der Waals surface area contributed by atoms with Crippen LogP contribution in [0, 0.1) is 0 Å². The molecule has 17 heavy (non-hydrogen) atoms. The maximum atomic E-state index is 10.5. The summed E-state index contributed by atoms with van der Waals surface area (Å²) in [6.45, 7) is -0.160. The zero-order valence-electron chi connectivity index (χ0n) is 9.17. The largest absolute Gasteiger partial charge is 0.495 e. The molecule has 2 aromatic rings. The molecule has 0 saturated carbocycles. The molecule has 0 saturated heterocycles. The van der Waals surface area contributed by atoms with E-state index in [9.17, 15) is 4.79 Å². The summed E-state index contributed by atoms with van der Waals surface area (Å²) in [4.78, 5) is 18.8. The summed E-state index contributed by atoms with van der Waals surface area (Å²) in [5.74, 6) is -0.316. The van der Waals surface area contributed by atoms with Crippen molar-refractivity contribution in [1.82, 2.24) is 9.97 Å². The summed E-state index contributed by atoms with van der Waals surface area (Å²) >= 11 is 0. The molecule has 2 heterocycles. The maximum absolute atomic E-state index is 10.5. The minimum Gasteiger partial charge on any atom is -0.495 e. The van der Waals surface area contributed by atoms with Gasteiger partial charge in [-0.2, -0.15) is 0 Å². The summed E-state index contributed by atoms with van der Waals surface area (Å²) in [6.07, 6.45) is 3.16. The second-order valence-corrected chi connectivity index (χ2v) is 3.35. The first-order chi connectivity index (χ1) is 8.20. The number of aromatic nitrogens is 2. The van der Waals surface area contributed by atoms with Gasteiger partial charge in [0.05, 0.1) is 24.5 Å². The zero-order valence-corrected chi connectivity index (χ0v) is 9.17. The second kappa shape index (κ2) is 4.65. The Morgan fingerprint density at radius 1 is 1.53 bits per heavy atom. The van der Waals surface area contributed by atoms with Crippen molar-refractivity contribution in [2.75, 3.05) is 19.0 Å². The topological polar surface area (TPSA) is 84.3 Å². The first-order valence-electron chi connectivity index (χ1n) is 4.95. The minimum absolute atomic E-state index is 0.160. The highest BCUT2D eigenvalue weighted by atomic mass is 16.5. The Morgan fingerprint density at radius 2 is 2.35 bits per heavy atom. The van der Waals surface area contributed by atoms with Crippen LogP contribution in [0.15, 0.2) is 24.5 Å². The summed E-state index contributed by atoms with van der Waals surface area (Å²) in [6, 6.07) is 3.43. The van der Waals surface area contributed by atoms with Crippen LogP contribution in [0.25, 0.3) is 11.0 Å². The van der Waals surface area contributed by atoms with Crippen molar-refractivity contribution in [2.45, 2.75) is 0 Å². The van der Waals surface area contributed by atoms with E-state index in [2.05, 4.69) is 15.3 Å². The number of aliphatic carboxylic acids is 1. The van der Waals surface area contributed by atoms with Crippen LogP contribution in [0.1, 0.15) is 0 Å². The monoisotopic (exact) mass is 233 g/mol. The zero-order chi connectivity index (χ0) is 12.3. The summed E-state index contributed by atoms with van der Waals surface area (Å²) in [5, 5.41) is 11.4. The normalized spacial score (nSPS) is 10.2. The number of nitrogens with one attached hydrogen (secondary N) is 1. The maximum Gasteiger partial charge on any atom is 0.322 e. The quantitative estimate of drug-likeness (QED) is 0.823. The van der Waals surface area contributed by atoms with Crippen LogP contribution in [0.2, 0.25) is 0 Å². The lowest BCUT2D eigenvalue weighted by Crippen LogP contribution is -2.12. The summed E-state index contributed by atoms with van der Waals surface area (Å²) < 4.78 is 5.04. The fourth-order valence-corrected chi connectivity index (χ4v) is 1.44. The Kier molecular flexibility index (Phi) is 3.04. The summed E-state index contributed by atoms with van der Waals surface area (Å²) in [5.41, 5.74) is 1.91. The number of fused-ring (bicyclic) bond motifs is 1. The first-order valence-corrected chi connectivity index (χ1v) is 4.95. The number of carbonyl (C=O) groups is 1. The molecule has 0 amide bonds. The van der Waals surface area contributed by atoms with Crippen molar-refractivity contribution in [1.29, 1.82) is 0 Å². The third-order valence-corrected chi connectivity index (χ3v) is 2.22. The van der Waals surface area contributed by atoms with Gasteiger partial charge in [0.15, 0.2) is 0 Å². The van der Waals surface area contributed by atoms with Gasteiger partial charge in [0.2, 0.25) is 0 Å². The average molecular weight is 233 g/mol. The highest BCUT2D eigenvalue weighted by Crippen LogP contribution is 2.22. The van der Waals surface area contributed by atoms with E-state index in [1.165, 1.54) is 0 Å². The lowest BCUT2D eigenvalue weighted by atomic mass is 10.2. The Hall–Kier alpha value is -2.37. The fourth-order valence-electron chi connectivity index (χ4n) is 1.44. The predicted molar refractivity (Wildman–Crippen MR) is 62.2 cm³/mol. The third-order valence-electron chi connectivity index (χ3n) is 2.22. The number of methoxy groups -OCH3 is 1. The second-order valence-electron chi connectivity index (χ2n) is 3.35. The van der Waals surface area contributed by atoms with Gasteiger partial charge in [-0.15, -0.1) is 0 Å². The molecule has 0 spiro atoms. The number of hydrogen-bond donors (Lipinski definition) is 2. The van der Waals surface area contributed by atoms with Gasteiger partial charge >= 0.3 is 5.97 Å². The first kappa shape index (κ1) is 11.1. The number of rotatable bonds is 4. The van der Waals surface area contributed by atoms with E-state index in [1.807, 2.05) is 0 Å². The van der Waals surface area contributed by atoms with E-state index in [0.717, 1.165) is 0 Å². The van der Waals surface area contributed by atoms with Crippen LogP contribution in [-0.2, 0) is 4.79 Å². The van der Waals surface area contributed by atoms with Crippen molar-refractivity contribution in [3.8, 4) is 5.75 Å². The SMILES string of the molecule is COc1cnc2c(NCC(=O)O)ccnc2c1. The minimum atomic E-state index is -0.927. The molecular weight excluding hydrogens is 222 g/mol. The molecule has 0 unspecified atom stereocenters. The van der Waals surface area contributed by atoms with E-state index < -0.39 is 5.97 Å². The van der Waals surface area contributed by atoms with Crippen molar-refractivity contribution in [3.63, 3.8) is 0 Å². The number of carboxylic acids is 1. The number of carboxylic acid groups (broad SMARTS) is 1. The standard InChI is InChI=1S/C11H11N3O3/c1-17-7-4-9-11(14-5-7)8(2-3-12-9)13-6-10(15)16/h2-5H,6H2,1H3,(H,12,13)(H,15,16). The Balaban J connectivity index is 2.39. The number of pyridine rings is 2. The molecule has 0 bridgehead atoms. The third kappa shape index (κ3) is 2.41. The Labute approximate surface area is 97.3 Å². The van der Waals surface area contributed by atoms with Crippen LogP contribution in [0.3, 0.4) is 0 Å². The molecular formula is C11H11N3O3. The molecule has 0 aromatic carbocycles. The molecule has 0 radical (unpaired) electrons. The van der Waals surface area contributed by atoms with Crippen LogP contribution >= 0.6 is 0 Å². The molecule has 0 aliphatic carbocycles. The van der Waals surface area contributed by atoms with Gasteiger partial charge in [-0.1, -0.05) is 0 Å². The number of nitrogens with zero attached hydrogens (tertiary/aromatic N) is 2. The predicted octanol–water partition coefficient (Wildman–Crippen LogP) is 1.13. The molecule has 88 valence electrons. The van der Waals surface area contributed by atoms with Gasteiger partial charge < -0.3 is 15.2 Å². The van der Waals surface area contributed by atoms with Gasteiger partial charge in [-0.3, -0.25) is 9.78 Å². The van der Waals surface area contributed by atoms with E-state index in [1.54, 1.807) is 31.6 Å². The molecule has 6 heteroatoms. The highest BCUT2D eigenvalue weighted by Gasteiger charge is 2.05. The Morgan fingerprint density at radius 3 is 3.06 bits per heavy atom. The lowest BCUT2D eigenvalue weighted by molar-refractivity contribution is -0.134. The van der Waals surface area contributed by atoms with Crippen molar-refractivity contribution < 1.29 is 14.6 Å². The number of anilines is 1. The van der Waals surface area contributed by atoms with Crippen LogP contribution in [0.4, 0.5) is 5.69 Å². The molecule has 0 atom stereocenters. The average Bonchev–Trinajstić information content (AvgIpc) is 2.35. The smallest absolute Gasteiger partial charge is 0.322 e. The van der Waals surface area contributed by atoms with E-state index in [0.29, 0.717) is 22.5 Å². The van der Waals surface area contributed by atoms with Gasteiger partial charge in [-0.05, 0) is 6.07 Å². The molecule has 2 rings (SSSR count). The number of ether oxygens (including phenoxy) is 1. The van der Waals surface area contributed by atoms with Crippen molar-refractivity contribution in [2.24, 2.45) is 0 Å². The number of hydrogen-bond acceptors (Lipinski definition) is 5. The van der Waals surface area contributed by atoms with Crippen LogP contribution in [-0.4, -0.2) is 34.7 Å². The molecule has 0 aliphatic rings. The van der Waals surface area contributed by atoms with E-state index in [-0.39, 0.29) is 6.54 Å². The van der Waals surface area contributed by atoms with Crippen LogP contribution < -0.4 is 10.1 Å². The van der Waals surface area contributed by atoms with Gasteiger partial charge in [0, 0.05) is 12.3 Å². The van der Waals surface area contributed by atoms with Crippen molar-refractivity contribution >= 4 is 22.7 Å².